The zero-order valence-electron chi connectivity index (χ0n) is 6.67. The molecule has 0 aliphatic rings. The Hall–Kier alpha value is -0.790. The van der Waals surface area contributed by atoms with E-state index in [9.17, 15) is 0 Å². The van der Waals surface area contributed by atoms with Crippen molar-refractivity contribution in [3.8, 4) is 0 Å². The van der Waals surface area contributed by atoms with Gasteiger partial charge < -0.3 is 0 Å². The van der Waals surface area contributed by atoms with Gasteiger partial charge in [0.25, 0.3) is 0 Å². The number of hydrogen-bond donors (Lipinski definition) is 0. The van der Waals surface area contributed by atoms with E-state index < -0.39 is 0 Å². The molecule has 1 aromatic rings. The first-order valence-corrected chi connectivity index (χ1v) is 3.83. The van der Waals surface area contributed by atoms with Crippen LogP contribution in [-0.4, -0.2) is 9.78 Å². The van der Waals surface area contributed by atoms with Crippen LogP contribution in [0.4, 0.5) is 0 Å². The molecule has 0 saturated heterocycles. The summed E-state index contributed by atoms with van der Waals surface area (Å²) in [6.07, 6.45) is 4.31. The topological polar surface area (TPSA) is 17.8 Å². The lowest BCUT2D eigenvalue weighted by Gasteiger charge is -2.00. The van der Waals surface area contributed by atoms with Crippen molar-refractivity contribution in [3.63, 3.8) is 0 Å². The van der Waals surface area contributed by atoms with Gasteiger partial charge in [-0.2, -0.15) is 5.10 Å². The maximum absolute atomic E-state index is 4.17. The maximum atomic E-state index is 4.17. The Kier molecular flexibility index (Phi) is 2.49. The molecular weight excluding hydrogens is 124 g/mol. The van der Waals surface area contributed by atoms with E-state index in [1.165, 1.54) is 18.5 Å². The third-order valence-electron chi connectivity index (χ3n) is 1.65. The van der Waals surface area contributed by atoms with E-state index in [2.05, 4.69) is 18.9 Å². The Labute approximate surface area is 61.9 Å². The zero-order valence-corrected chi connectivity index (χ0v) is 6.67. The molecule has 56 valence electrons. The van der Waals surface area contributed by atoms with Crippen LogP contribution in [0.5, 0.6) is 0 Å². The summed E-state index contributed by atoms with van der Waals surface area (Å²) in [6, 6.07) is 2.04. The molecule has 1 heterocycles. The summed E-state index contributed by atoms with van der Waals surface area (Å²) in [7, 11) is 0. The Balaban J connectivity index is 2.49. The lowest BCUT2D eigenvalue weighted by molar-refractivity contribution is 0.559. The highest BCUT2D eigenvalue weighted by Crippen LogP contribution is 1.98. The molecule has 1 aromatic heterocycles. The SMILES string of the molecule is CCCCn1nccc1C. The van der Waals surface area contributed by atoms with E-state index >= 15 is 0 Å². The summed E-state index contributed by atoms with van der Waals surface area (Å²) in [5, 5.41) is 4.17. The summed E-state index contributed by atoms with van der Waals surface area (Å²) in [5.74, 6) is 0. The lowest BCUT2D eigenvalue weighted by atomic mass is 10.3. The summed E-state index contributed by atoms with van der Waals surface area (Å²) < 4.78 is 2.05. The van der Waals surface area contributed by atoms with Crippen molar-refractivity contribution in [2.45, 2.75) is 33.2 Å². The average Bonchev–Trinajstić information content (AvgIpc) is 2.31. The van der Waals surface area contributed by atoms with E-state index in [0.29, 0.717) is 0 Å². The second-order valence-corrected chi connectivity index (χ2v) is 2.55. The highest BCUT2D eigenvalue weighted by molar-refractivity contribution is 4.96. The van der Waals surface area contributed by atoms with Crippen molar-refractivity contribution in [3.05, 3.63) is 18.0 Å². The summed E-state index contributed by atoms with van der Waals surface area (Å²) in [4.78, 5) is 0. The van der Waals surface area contributed by atoms with Gasteiger partial charge in [0.2, 0.25) is 0 Å². The number of rotatable bonds is 3. The number of aromatic nitrogens is 2. The van der Waals surface area contributed by atoms with Crippen LogP contribution in [0.3, 0.4) is 0 Å². The first-order valence-electron chi connectivity index (χ1n) is 3.83. The minimum Gasteiger partial charge on any atom is -0.270 e. The fraction of sp³-hybridized carbons (Fsp3) is 0.625. The molecule has 0 unspecified atom stereocenters. The Morgan fingerprint density at radius 3 is 2.90 bits per heavy atom. The van der Waals surface area contributed by atoms with E-state index in [-0.39, 0.29) is 0 Å². The molecule has 2 heteroatoms. The van der Waals surface area contributed by atoms with E-state index in [4.69, 9.17) is 0 Å². The predicted molar refractivity (Wildman–Crippen MR) is 41.9 cm³/mol. The molecule has 0 radical (unpaired) electrons. The second-order valence-electron chi connectivity index (χ2n) is 2.55. The smallest absolute Gasteiger partial charge is 0.0492 e. The van der Waals surface area contributed by atoms with Crippen LogP contribution in [-0.2, 0) is 6.54 Å². The molecule has 0 bridgehead atoms. The van der Waals surface area contributed by atoms with Gasteiger partial charge in [-0.05, 0) is 19.4 Å². The van der Waals surface area contributed by atoms with Crippen LogP contribution in [0.2, 0.25) is 0 Å². The number of hydrogen-bond acceptors (Lipinski definition) is 1. The van der Waals surface area contributed by atoms with Gasteiger partial charge in [0, 0.05) is 18.4 Å². The maximum Gasteiger partial charge on any atom is 0.0492 e. The lowest BCUT2D eigenvalue weighted by Crippen LogP contribution is -2.01. The molecule has 2 nitrogen and oxygen atoms in total. The van der Waals surface area contributed by atoms with E-state index in [1.807, 2.05) is 16.9 Å². The third-order valence-corrected chi connectivity index (χ3v) is 1.65. The molecule has 0 aliphatic heterocycles. The van der Waals surface area contributed by atoms with Gasteiger partial charge in [-0.1, -0.05) is 13.3 Å². The minimum absolute atomic E-state index is 1.06. The molecule has 0 aliphatic carbocycles. The summed E-state index contributed by atoms with van der Waals surface area (Å²) >= 11 is 0. The summed E-state index contributed by atoms with van der Waals surface area (Å²) in [6.45, 7) is 5.34. The number of unbranched alkanes of at least 4 members (excludes halogenated alkanes) is 1. The Morgan fingerprint density at radius 1 is 1.60 bits per heavy atom. The monoisotopic (exact) mass is 138 g/mol. The van der Waals surface area contributed by atoms with Crippen molar-refractivity contribution in [2.75, 3.05) is 0 Å². The van der Waals surface area contributed by atoms with Crippen molar-refractivity contribution in [1.29, 1.82) is 0 Å². The molecule has 0 fully saturated rings. The van der Waals surface area contributed by atoms with Gasteiger partial charge in [-0.25, -0.2) is 0 Å². The van der Waals surface area contributed by atoms with Crippen LogP contribution in [0.1, 0.15) is 25.5 Å². The standard InChI is InChI=1S/C8H14N2/c1-3-4-7-10-8(2)5-6-9-10/h5-6H,3-4,7H2,1-2H3. The van der Waals surface area contributed by atoms with Crippen LogP contribution in [0, 0.1) is 6.92 Å². The van der Waals surface area contributed by atoms with E-state index in [0.717, 1.165) is 6.54 Å². The van der Waals surface area contributed by atoms with E-state index in [1.54, 1.807) is 0 Å². The van der Waals surface area contributed by atoms with Gasteiger partial charge in [0.15, 0.2) is 0 Å². The third kappa shape index (κ3) is 1.59. The molecule has 0 aromatic carbocycles. The van der Waals surface area contributed by atoms with Crippen molar-refractivity contribution in [1.82, 2.24) is 9.78 Å². The average molecular weight is 138 g/mol. The molecule has 0 saturated carbocycles. The van der Waals surface area contributed by atoms with Crippen LogP contribution < -0.4 is 0 Å². The fourth-order valence-corrected chi connectivity index (χ4v) is 0.941. The van der Waals surface area contributed by atoms with Gasteiger partial charge in [-0.3, -0.25) is 4.68 Å². The molecule has 0 spiro atoms. The van der Waals surface area contributed by atoms with Crippen LogP contribution >= 0.6 is 0 Å². The molecule has 10 heavy (non-hydrogen) atoms. The van der Waals surface area contributed by atoms with Gasteiger partial charge in [0.1, 0.15) is 0 Å². The highest BCUT2D eigenvalue weighted by atomic mass is 15.3. The Morgan fingerprint density at radius 2 is 2.40 bits per heavy atom. The first-order chi connectivity index (χ1) is 4.84. The zero-order chi connectivity index (χ0) is 7.40. The van der Waals surface area contributed by atoms with Gasteiger partial charge in [-0.15, -0.1) is 0 Å². The molecule has 0 N–H and O–H groups in total. The predicted octanol–water partition coefficient (Wildman–Crippen LogP) is 1.99. The normalized spacial score (nSPS) is 10.2. The quantitative estimate of drug-likeness (QED) is 0.624. The van der Waals surface area contributed by atoms with Crippen LogP contribution in [0.15, 0.2) is 12.3 Å². The first kappa shape index (κ1) is 7.32. The van der Waals surface area contributed by atoms with Crippen molar-refractivity contribution < 1.29 is 0 Å². The number of nitrogens with zero attached hydrogens (tertiary/aromatic N) is 2. The fourth-order valence-electron chi connectivity index (χ4n) is 0.941. The summed E-state index contributed by atoms with van der Waals surface area (Å²) in [5.41, 5.74) is 1.26. The second kappa shape index (κ2) is 3.40. The minimum atomic E-state index is 1.06. The largest absolute Gasteiger partial charge is 0.270 e. The molecular formula is C8H14N2. The Bertz CT molecular complexity index is 191. The van der Waals surface area contributed by atoms with Crippen molar-refractivity contribution >= 4 is 0 Å². The molecule has 1 rings (SSSR count). The van der Waals surface area contributed by atoms with Gasteiger partial charge in [0.05, 0.1) is 0 Å². The van der Waals surface area contributed by atoms with Crippen LogP contribution in [0.25, 0.3) is 0 Å². The van der Waals surface area contributed by atoms with Crippen molar-refractivity contribution in [2.24, 2.45) is 0 Å². The molecule has 0 atom stereocenters. The number of aryl methyl sites for hydroxylation is 2. The highest BCUT2D eigenvalue weighted by Gasteiger charge is 1.93. The molecule has 0 amide bonds. The van der Waals surface area contributed by atoms with Gasteiger partial charge >= 0.3 is 0 Å².